The van der Waals surface area contributed by atoms with Crippen LogP contribution in [0.3, 0.4) is 0 Å². The Morgan fingerprint density at radius 3 is 2.35 bits per heavy atom. The van der Waals surface area contributed by atoms with Crippen LogP contribution in [0.25, 0.3) is 16.0 Å². The van der Waals surface area contributed by atoms with Gasteiger partial charge in [-0.3, -0.25) is 0 Å². The number of nitrogens with zero attached hydrogens (tertiary/aromatic N) is 1. The molecule has 0 atom stereocenters. The molecule has 104 valence electrons. The van der Waals surface area contributed by atoms with Crippen molar-refractivity contribution < 1.29 is 9.90 Å². The van der Waals surface area contributed by atoms with E-state index in [-0.39, 0.29) is 0 Å². The van der Waals surface area contributed by atoms with Crippen LogP contribution in [0.5, 0.6) is 0 Å². The van der Waals surface area contributed by atoms with Gasteiger partial charge in [-0.05, 0) is 42.3 Å². The summed E-state index contributed by atoms with van der Waals surface area (Å²) in [6.07, 6.45) is 1.24. The summed E-state index contributed by atoms with van der Waals surface area (Å²) in [6, 6.07) is 12.3. The number of carboxylic acids is 1. The highest BCUT2D eigenvalue weighted by molar-refractivity contribution is 7.16. The van der Waals surface area contributed by atoms with Crippen LogP contribution in [-0.2, 0) is 4.79 Å². The van der Waals surface area contributed by atoms with Gasteiger partial charge in [0, 0.05) is 35.6 Å². The van der Waals surface area contributed by atoms with E-state index >= 15 is 0 Å². The van der Waals surface area contributed by atoms with Crippen LogP contribution in [0.2, 0.25) is 0 Å². The predicted octanol–water partition coefficient (Wildman–Crippen LogP) is 3.97. The number of carbonyl (C=O) groups is 1. The molecule has 1 aromatic carbocycles. The van der Waals surface area contributed by atoms with Crippen LogP contribution in [0, 0.1) is 0 Å². The standard InChI is InChI=1S/C16H17NO2S/c1-11(10-16(18)19)14-8-9-15(20-14)12-4-6-13(7-5-12)17(2)3/h4-10H,1-3H3,(H,18,19)/b11-10+. The maximum Gasteiger partial charge on any atom is 0.328 e. The summed E-state index contributed by atoms with van der Waals surface area (Å²) in [5.74, 6) is -0.909. The van der Waals surface area contributed by atoms with Crippen molar-refractivity contribution in [3.05, 3.63) is 47.4 Å². The lowest BCUT2D eigenvalue weighted by atomic mass is 10.1. The Balaban J connectivity index is 2.26. The van der Waals surface area contributed by atoms with Gasteiger partial charge >= 0.3 is 5.97 Å². The molecular formula is C16H17NO2S. The highest BCUT2D eigenvalue weighted by atomic mass is 32.1. The third kappa shape index (κ3) is 3.27. The number of aliphatic carboxylic acids is 1. The van der Waals surface area contributed by atoms with Gasteiger partial charge in [-0.15, -0.1) is 11.3 Å². The molecule has 0 amide bonds. The summed E-state index contributed by atoms with van der Waals surface area (Å²) in [5.41, 5.74) is 3.08. The van der Waals surface area contributed by atoms with Crippen molar-refractivity contribution >= 4 is 28.6 Å². The van der Waals surface area contributed by atoms with E-state index in [1.54, 1.807) is 11.3 Å². The van der Waals surface area contributed by atoms with Crippen LogP contribution >= 0.6 is 11.3 Å². The third-order valence-corrected chi connectivity index (χ3v) is 4.27. The first-order chi connectivity index (χ1) is 9.47. The lowest BCUT2D eigenvalue weighted by molar-refractivity contribution is -0.131. The lowest BCUT2D eigenvalue weighted by Gasteiger charge is -2.12. The van der Waals surface area contributed by atoms with Gasteiger partial charge in [0.1, 0.15) is 0 Å². The van der Waals surface area contributed by atoms with Crippen molar-refractivity contribution in [2.75, 3.05) is 19.0 Å². The maximum atomic E-state index is 10.7. The number of rotatable bonds is 4. The number of hydrogen-bond acceptors (Lipinski definition) is 3. The molecule has 2 rings (SSSR count). The molecule has 2 aromatic rings. The van der Waals surface area contributed by atoms with Gasteiger partial charge in [-0.1, -0.05) is 12.1 Å². The van der Waals surface area contributed by atoms with E-state index < -0.39 is 5.97 Å². The molecule has 0 saturated carbocycles. The van der Waals surface area contributed by atoms with Crippen LogP contribution in [0.15, 0.2) is 42.5 Å². The highest BCUT2D eigenvalue weighted by Crippen LogP contribution is 2.32. The molecule has 20 heavy (non-hydrogen) atoms. The van der Waals surface area contributed by atoms with Gasteiger partial charge < -0.3 is 10.0 Å². The number of benzene rings is 1. The van der Waals surface area contributed by atoms with Gasteiger partial charge in [0.15, 0.2) is 0 Å². The van der Waals surface area contributed by atoms with Crippen molar-refractivity contribution in [2.45, 2.75) is 6.92 Å². The summed E-state index contributed by atoms with van der Waals surface area (Å²) in [4.78, 5) is 14.9. The average Bonchev–Trinajstić information content (AvgIpc) is 2.87. The van der Waals surface area contributed by atoms with Gasteiger partial charge in [0.05, 0.1) is 0 Å². The van der Waals surface area contributed by atoms with Gasteiger partial charge in [-0.2, -0.15) is 0 Å². The highest BCUT2D eigenvalue weighted by Gasteiger charge is 2.06. The largest absolute Gasteiger partial charge is 0.478 e. The van der Waals surface area contributed by atoms with E-state index in [2.05, 4.69) is 29.2 Å². The van der Waals surface area contributed by atoms with E-state index in [1.165, 1.54) is 6.08 Å². The molecule has 0 radical (unpaired) electrons. The second kappa shape index (κ2) is 5.92. The number of allylic oxidation sites excluding steroid dienone is 1. The summed E-state index contributed by atoms with van der Waals surface area (Å²) in [6.45, 7) is 1.82. The van der Waals surface area contributed by atoms with E-state index in [9.17, 15) is 4.79 Å². The quantitative estimate of drug-likeness (QED) is 0.865. The van der Waals surface area contributed by atoms with Crippen molar-refractivity contribution in [3.63, 3.8) is 0 Å². The Morgan fingerprint density at radius 1 is 1.15 bits per heavy atom. The number of hydrogen-bond donors (Lipinski definition) is 1. The Kier molecular flexibility index (Phi) is 4.25. The van der Waals surface area contributed by atoms with Gasteiger partial charge in [0.25, 0.3) is 0 Å². The van der Waals surface area contributed by atoms with Crippen LogP contribution < -0.4 is 4.90 Å². The molecule has 0 unspecified atom stereocenters. The summed E-state index contributed by atoms with van der Waals surface area (Å²) in [7, 11) is 4.02. The molecule has 0 saturated heterocycles. The van der Waals surface area contributed by atoms with Crippen molar-refractivity contribution in [3.8, 4) is 10.4 Å². The van der Waals surface area contributed by atoms with E-state index in [0.29, 0.717) is 0 Å². The third-order valence-electron chi connectivity index (χ3n) is 3.00. The van der Waals surface area contributed by atoms with E-state index in [0.717, 1.165) is 26.6 Å². The minimum Gasteiger partial charge on any atom is -0.478 e. The molecule has 0 aliphatic heterocycles. The average molecular weight is 287 g/mol. The first-order valence-electron chi connectivity index (χ1n) is 6.26. The lowest BCUT2D eigenvalue weighted by Crippen LogP contribution is -2.07. The molecule has 3 nitrogen and oxygen atoms in total. The van der Waals surface area contributed by atoms with E-state index in [4.69, 9.17) is 5.11 Å². The van der Waals surface area contributed by atoms with Crippen molar-refractivity contribution in [2.24, 2.45) is 0 Å². The molecule has 1 heterocycles. The minimum absolute atomic E-state index is 0.777. The normalized spacial score (nSPS) is 11.4. The Bertz CT molecular complexity index is 639. The second-order valence-corrected chi connectivity index (χ2v) is 5.85. The number of thiophene rings is 1. The zero-order valence-electron chi connectivity index (χ0n) is 11.8. The molecule has 0 spiro atoms. The minimum atomic E-state index is -0.909. The molecular weight excluding hydrogens is 270 g/mol. The summed E-state index contributed by atoms with van der Waals surface area (Å²) < 4.78 is 0. The Morgan fingerprint density at radius 2 is 1.80 bits per heavy atom. The predicted molar refractivity (Wildman–Crippen MR) is 85.4 cm³/mol. The molecule has 1 N–H and O–H groups in total. The van der Waals surface area contributed by atoms with Crippen molar-refractivity contribution in [1.82, 2.24) is 0 Å². The maximum absolute atomic E-state index is 10.7. The first kappa shape index (κ1) is 14.3. The molecule has 0 bridgehead atoms. The summed E-state index contributed by atoms with van der Waals surface area (Å²) in [5, 5.41) is 8.78. The fourth-order valence-electron chi connectivity index (χ4n) is 1.89. The fourth-order valence-corrected chi connectivity index (χ4v) is 2.87. The zero-order valence-corrected chi connectivity index (χ0v) is 12.6. The topological polar surface area (TPSA) is 40.5 Å². The smallest absolute Gasteiger partial charge is 0.328 e. The summed E-state index contributed by atoms with van der Waals surface area (Å²) >= 11 is 1.61. The van der Waals surface area contributed by atoms with Gasteiger partial charge in [0.2, 0.25) is 0 Å². The first-order valence-corrected chi connectivity index (χ1v) is 7.08. The van der Waals surface area contributed by atoms with Gasteiger partial charge in [-0.25, -0.2) is 4.79 Å². The molecule has 1 aromatic heterocycles. The fraction of sp³-hybridized carbons (Fsp3) is 0.188. The van der Waals surface area contributed by atoms with Crippen LogP contribution in [0.4, 0.5) is 5.69 Å². The SMILES string of the molecule is C/C(=C\C(=O)O)c1ccc(-c2ccc(N(C)C)cc2)s1. The molecule has 4 heteroatoms. The second-order valence-electron chi connectivity index (χ2n) is 4.77. The Labute approximate surface area is 122 Å². The number of carboxylic acid groups (broad SMARTS) is 1. The van der Waals surface area contributed by atoms with Crippen LogP contribution in [-0.4, -0.2) is 25.2 Å². The monoisotopic (exact) mass is 287 g/mol. The Hall–Kier alpha value is -2.07. The van der Waals surface area contributed by atoms with Crippen molar-refractivity contribution in [1.29, 1.82) is 0 Å². The zero-order chi connectivity index (χ0) is 14.7. The molecule has 0 fully saturated rings. The number of anilines is 1. The van der Waals surface area contributed by atoms with E-state index in [1.807, 2.05) is 33.2 Å². The molecule has 0 aliphatic carbocycles. The van der Waals surface area contributed by atoms with Crippen LogP contribution in [0.1, 0.15) is 11.8 Å². The molecule has 0 aliphatic rings.